The molecule has 4 rings (SSSR count). The summed E-state index contributed by atoms with van der Waals surface area (Å²) in [7, 11) is 0. The number of halogens is 1. The number of fused-ring (bicyclic) bond motifs is 2. The molecule has 4 nitrogen and oxygen atoms in total. The van der Waals surface area contributed by atoms with E-state index in [-0.39, 0.29) is 29.6 Å². The Morgan fingerprint density at radius 2 is 2.13 bits per heavy atom. The zero-order valence-corrected chi connectivity index (χ0v) is 14.9. The van der Waals surface area contributed by atoms with Gasteiger partial charge in [0.2, 0.25) is 5.91 Å². The van der Waals surface area contributed by atoms with Crippen molar-refractivity contribution in [2.45, 2.75) is 41.9 Å². The zero-order chi connectivity index (χ0) is 15.1. The van der Waals surface area contributed by atoms with Gasteiger partial charge in [-0.15, -0.1) is 35.5 Å². The molecule has 23 heavy (non-hydrogen) atoms. The summed E-state index contributed by atoms with van der Waals surface area (Å²) in [4.78, 5) is 19.5. The Kier molecular flexibility index (Phi) is 4.96. The summed E-state index contributed by atoms with van der Waals surface area (Å²) in [6, 6.07) is 8.45. The number of aromatic nitrogens is 1. The molecule has 122 valence electrons. The van der Waals surface area contributed by atoms with Crippen LogP contribution in [0.15, 0.2) is 29.2 Å². The van der Waals surface area contributed by atoms with Gasteiger partial charge in [0, 0.05) is 15.8 Å². The van der Waals surface area contributed by atoms with Crippen molar-refractivity contribution in [2.75, 3.05) is 5.32 Å². The number of nitrogens with one attached hydrogen (secondary N) is 1. The first-order valence-electron chi connectivity index (χ1n) is 7.48. The Labute approximate surface area is 149 Å². The predicted octanol–water partition coefficient (Wildman–Crippen LogP) is 3.04. The van der Waals surface area contributed by atoms with Gasteiger partial charge in [0.25, 0.3) is 0 Å². The van der Waals surface area contributed by atoms with Crippen molar-refractivity contribution in [3.05, 3.63) is 40.4 Å². The number of thioether (sulfide) groups is 1. The molecule has 1 aliphatic carbocycles. The Morgan fingerprint density at radius 3 is 2.96 bits per heavy atom. The summed E-state index contributed by atoms with van der Waals surface area (Å²) in [5.74, 6) is 0.0524. The summed E-state index contributed by atoms with van der Waals surface area (Å²) in [5, 5.41) is 3.67. The van der Waals surface area contributed by atoms with Crippen LogP contribution in [0.5, 0.6) is 0 Å². The number of benzene rings is 1. The van der Waals surface area contributed by atoms with E-state index in [0.717, 1.165) is 36.5 Å². The maximum atomic E-state index is 12.5. The number of anilines is 1. The third-order valence-corrected chi connectivity index (χ3v) is 6.50. The highest BCUT2D eigenvalue weighted by Crippen LogP contribution is 2.37. The van der Waals surface area contributed by atoms with E-state index in [9.17, 15) is 4.79 Å². The molecule has 3 N–H and O–H groups in total. The van der Waals surface area contributed by atoms with Crippen molar-refractivity contribution in [3.8, 4) is 0 Å². The molecule has 2 heterocycles. The van der Waals surface area contributed by atoms with Crippen molar-refractivity contribution < 1.29 is 4.79 Å². The van der Waals surface area contributed by atoms with Gasteiger partial charge < -0.3 is 11.1 Å². The number of amides is 1. The van der Waals surface area contributed by atoms with Crippen LogP contribution in [0.2, 0.25) is 0 Å². The molecule has 0 fully saturated rings. The number of rotatable bonds is 2. The van der Waals surface area contributed by atoms with Gasteiger partial charge in [0.05, 0.1) is 10.9 Å². The van der Waals surface area contributed by atoms with Gasteiger partial charge in [0.15, 0.2) is 5.13 Å². The molecule has 1 aromatic heterocycles. The molecule has 0 bridgehead atoms. The van der Waals surface area contributed by atoms with Crippen molar-refractivity contribution in [1.29, 1.82) is 0 Å². The van der Waals surface area contributed by atoms with Crippen LogP contribution in [0.4, 0.5) is 5.13 Å². The second kappa shape index (κ2) is 6.81. The lowest BCUT2D eigenvalue weighted by atomic mass is 9.99. The smallest absolute Gasteiger partial charge is 0.239 e. The van der Waals surface area contributed by atoms with Crippen molar-refractivity contribution in [1.82, 2.24) is 4.98 Å². The minimum Gasteiger partial charge on any atom is -0.327 e. The first-order chi connectivity index (χ1) is 10.7. The summed E-state index contributed by atoms with van der Waals surface area (Å²) in [5.41, 5.74) is 8.37. The van der Waals surface area contributed by atoms with E-state index in [4.69, 9.17) is 5.73 Å². The molecule has 1 unspecified atom stereocenters. The Morgan fingerprint density at radius 1 is 1.30 bits per heavy atom. The number of carbonyl (C=O) groups is 1. The molecule has 0 saturated carbocycles. The Balaban J connectivity index is 0.00000156. The Hall–Kier alpha value is -1.08. The second-order valence-electron chi connectivity index (χ2n) is 5.80. The zero-order valence-electron chi connectivity index (χ0n) is 12.5. The lowest BCUT2D eigenvalue weighted by Gasteiger charge is -2.15. The van der Waals surface area contributed by atoms with Crippen molar-refractivity contribution >= 4 is 46.5 Å². The normalized spacial score (nSPS) is 22.0. The maximum absolute atomic E-state index is 12.5. The van der Waals surface area contributed by atoms with Crippen LogP contribution in [0.1, 0.15) is 22.6 Å². The number of hydrogen-bond acceptors (Lipinski definition) is 5. The number of thiazole rings is 1. The van der Waals surface area contributed by atoms with E-state index < -0.39 is 0 Å². The fraction of sp³-hybridized carbons (Fsp3) is 0.375. The average Bonchev–Trinajstić information content (AvgIpc) is 3.09. The van der Waals surface area contributed by atoms with Gasteiger partial charge in [-0.25, -0.2) is 4.98 Å². The highest BCUT2D eigenvalue weighted by molar-refractivity contribution is 8.01. The topological polar surface area (TPSA) is 68.0 Å². The predicted molar refractivity (Wildman–Crippen MR) is 97.8 cm³/mol. The maximum Gasteiger partial charge on any atom is 0.239 e. The highest BCUT2D eigenvalue weighted by Gasteiger charge is 2.29. The van der Waals surface area contributed by atoms with Gasteiger partial charge in [0.1, 0.15) is 0 Å². The van der Waals surface area contributed by atoms with E-state index in [1.54, 1.807) is 23.1 Å². The molecule has 0 saturated heterocycles. The average molecular weight is 368 g/mol. The largest absolute Gasteiger partial charge is 0.327 e. The summed E-state index contributed by atoms with van der Waals surface area (Å²) in [6.45, 7) is 0. The minimum absolute atomic E-state index is 0. The van der Waals surface area contributed by atoms with Crippen molar-refractivity contribution in [2.24, 2.45) is 5.73 Å². The van der Waals surface area contributed by atoms with Crippen LogP contribution in [-0.4, -0.2) is 22.2 Å². The molecular weight excluding hydrogens is 350 g/mol. The fourth-order valence-corrected chi connectivity index (χ4v) is 5.27. The number of carbonyl (C=O) groups excluding carboxylic acids is 1. The monoisotopic (exact) mass is 367 g/mol. The van der Waals surface area contributed by atoms with Crippen LogP contribution in [0, 0.1) is 0 Å². The lowest BCUT2D eigenvalue weighted by Crippen LogP contribution is -2.27. The molecule has 1 amide bonds. The van der Waals surface area contributed by atoms with E-state index in [1.165, 1.54) is 15.3 Å². The summed E-state index contributed by atoms with van der Waals surface area (Å²) in [6.07, 6.45) is 3.58. The summed E-state index contributed by atoms with van der Waals surface area (Å²) >= 11 is 3.22. The lowest BCUT2D eigenvalue weighted by molar-refractivity contribution is -0.115. The van der Waals surface area contributed by atoms with Gasteiger partial charge in [-0.2, -0.15) is 0 Å². The highest BCUT2D eigenvalue weighted by atomic mass is 35.5. The Bertz CT molecular complexity index is 709. The van der Waals surface area contributed by atoms with Crippen LogP contribution < -0.4 is 11.1 Å². The number of nitrogens with two attached hydrogens (primary N) is 1. The summed E-state index contributed by atoms with van der Waals surface area (Å²) < 4.78 is 0. The van der Waals surface area contributed by atoms with Crippen LogP contribution in [0.3, 0.4) is 0 Å². The fourth-order valence-electron chi connectivity index (χ4n) is 2.97. The molecule has 1 aromatic carbocycles. The molecule has 7 heteroatoms. The molecule has 0 radical (unpaired) electrons. The van der Waals surface area contributed by atoms with E-state index in [1.807, 2.05) is 12.1 Å². The quantitative estimate of drug-likeness (QED) is 0.856. The van der Waals surface area contributed by atoms with E-state index >= 15 is 0 Å². The van der Waals surface area contributed by atoms with Crippen LogP contribution in [-0.2, 0) is 24.1 Å². The standard InChI is InChI=1S/C16H17N3OS2.ClH/c17-10-5-6-11-13(8-10)22-16(18-11)19-15(20)14-7-9-3-1-2-4-12(9)21-14;/h1-4,10,14H,5-8,17H2,(H,18,19,20);1H/t10-,14?;/m0./s1. The number of hydrogen-bond donors (Lipinski definition) is 2. The SMILES string of the molecule is Cl.N[C@H]1CCc2nc(NC(=O)C3Cc4ccccc4S3)sc2C1. The van der Waals surface area contributed by atoms with E-state index in [0.29, 0.717) is 0 Å². The number of aryl methyl sites for hydroxylation is 1. The first-order valence-corrected chi connectivity index (χ1v) is 9.18. The van der Waals surface area contributed by atoms with Gasteiger partial charge >= 0.3 is 0 Å². The third kappa shape index (κ3) is 3.40. The third-order valence-electron chi connectivity index (χ3n) is 4.15. The molecule has 0 spiro atoms. The second-order valence-corrected chi connectivity index (χ2v) is 8.13. The molecule has 2 aromatic rings. The van der Waals surface area contributed by atoms with Crippen molar-refractivity contribution in [3.63, 3.8) is 0 Å². The van der Waals surface area contributed by atoms with E-state index in [2.05, 4.69) is 22.4 Å². The number of nitrogens with zero attached hydrogens (tertiary/aromatic N) is 1. The van der Waals surface area contributed by atoms with Crippen LogP contribution >= 0.6 is 35.5 Å². The van der Waals surface area contributed by atoms with Gasteiger partial charge in [-0.1, -0.05) is 18.2 Å². The molecule has 2 aliphatic rings. The molecule has 1 aliphatic heterocycles. The van der Waals surface area contributed by atoms with Gasteiger partial charge in [-0.3, -0.25) is 4.79 Å². The minimum atomic E-state index is -0.0550. The first kappa shape index (κ1) is 16.8. The molecule has 2 atom stereocenters. The molecular formula is C16H18ClN3OS2. The van der Waals surface area contributed by atoms with Crippen LogP contribution in [0.25, 0.3) is 0 Å². The van der Waals surface area contributed by atoms with Gasteiger partial charge in [-0.05, 0) is 37.3 Å².